The molecular formula is C28H22ClF3N4O6. The number of alkyl halides is 3. The summed E-state index contributed by atoms with van der Waals surface area (Å²) in [7, 11) is 0. The Labute approximate surface area is 241 Å². The van der Waals surface area contributed by atoms with E-state index >= 15 is 0 Å². The van der Waals surface area contributed by atoms with Crippen LogP contribution >= 0.6 is 11.6 Å². The Morgan fingerprint density at radius 2 is 1.62 bits per heavy atom. The maximum atomic E-state index is 13.2. The van der Waals surface area contributed by atoms with Crippen LogP contribution in [0.5, 0.6) is 5.75 Å². The standard InChI is InChI=1S/C28H22ClF3N4O6/c29-18-1-8-24-17(13-18)14-25(42-24)27(38)35-11-9-34(10-12-35)26(37)16-41-21-5-2-19(3-6-21)33-20-4-7-23(36(39)40)22(15-20)28(30,31)32/h1-8,13-15,33H,9-12,16H2. The third-order valence-electron chi connectivity index (χ3n) is 6.61. The molecule has 0 atom stereocenters. The monoisotopic (exact) mass is 602 g/mol. The number of ether oxygens (including phenoxy) is 1. The molecular weight excluding hydrogens is 581 g/mol. The number of anilines is 2. The molecule has 0 saturated carbocycles. The van der Waals surface area contributed by atoms with Gasteiger partial charge in [0.25, 0.3) is 17.5 Å². The van der Waals surface area contributed by atoms with Crippen molar-refractivity contribution >= 4 is 51.4 Å². The maximum Gasteiger partial charge on any atom is 0.423 e. The van der Waals surface area contributed by atoms with Gasteiger partial charge in [-0.05, 0) is 60.7 Å². The van der Waals surface area contributed by atoms with Gasteiger partial charge in [-0.15, -0.1) is 0 Å². The van der Waals surface area contributed by atoms with Crippen LogP contribution in [0.15, 0.2) is 71.1 Å². The van der Waals surface area contributed by atoms with Gasteiger partial charge in [-0.3, -0.25) is 19.7 Å². The molecule has 1 fully saturated rings. The summed E-state index contributed by atoms with van der Waals surface area (Å²) < 4.78 is 50.9. The van der Waals surface area contributed by atoms with Crippen LogP contribution in [-0.2, 0) is 11.0 Å². The zero-order valence-electron chi connectivity index (χ0n) is 21.7. The molecule has 0 bridgehead atoms. The number of halogens is 4. The molecule has 5 rings (SSSR count). The molecule has 0 aliphatic carbocycles. The minimum Gasteiger partial charge on any atom is -0.484 e. The van der Waals surface area contributed by atoms with Crippen molar-refractivity contribution in [3.05, 3.63) is 93.2 Å². The van der Waals surface area contributed by atoms with E-state index in [4.69, 9.17) is 20.8 Å². The molecule has 2 amide bonds. The van der Waals surface area contributed by atoms with E-state index in [2.05, 4.69) is 5.32 Å². The van der Waals surface area contributed by atoms with Gasteiger partial charge in [0, 0.05) is 54.0 Å². The molecule has 218 valence electrons. The quantitative estimate of drug-likeness (QED) is 0.200. The number of hydrogen-bond acceptors (Lipinski definition) is 7. The number of nitro groups is 1. The summed E-state index contributed by atoms with van der Waals surface area (Å²) >= 11 is 6.00. The van der Waals surface area contributed by atoms with Gasteiger partial charge in [-0.2, -0.15) is 13.2 Å². The smallest absolute Gasteiger partial charge is 0.423 e. The zero-order chi connectivity index (χ0) is 30.0. The van der Waals surface area contributed by atoms with E-state index in [-0.39, 0.29) is 29.9 Å². The van der Waals surface area contributed by atoms with Gasteiger partial charge < -0.3 is 24.3 Å². The van der Waals surface area contributed by atoms with Crippen LogP contribution < -0.4 is 10.1 Å². The molecule has 1 aromatic heterocycles. The van der Waals surface area contributed by atoms with Gasteiger partial charge in [0.2, 0.25) is 0 Å². The average Bonchev–Trinajstić information content (AvgIpc) is 3.39. The van der Waals surface area contributed by atoms with Crippen molar-refractivity contribution in [2.24, 2.45) is 0 Å². The summed E-state index contributed by atoms with van der Waals surface area (Å²) in [5, 5.41) is 15.0. The molecule has 0 spiro atoms. The molecule has 10 nitrogen and oxygen atoms in total. The first kappa shape index (κ1) is 28.7. The molecule has 14 heteroatoms. The second kappa shape index (κ2) is 11.6. The van der Waals surface area contributed by atoms with Crippen LogP contribution in [0.3, 0.4) is 0 Å². The molecule has 1 aliphatic rings. The van der Waals surface area contributed by atoms with E-state index in [1.165, 1.54) is 30.3 Å². The van der Waals surface area contributed by atoms with Crippen LogP contribution in [0, 0.1) is 10.1 Å². The van der Waals surface area contributed by atoms with E-state index in [1.54, 1.807) is 34.1 Å². The maximum absolute atomic E-state index is 13.2. The molecule has 4 aromatic rings. The fraction of sp³-hybridized carbons (Fsp3) is 0.214. The number of hydrogen-bond donors (Lipinski definition) is 1. The largest absolute Gasteiger partial charge is 0.484 e. The van der Waals surface area contributed by atoms with E-state index in [0.717, 1.165) is 11.5 Å². The van der Waals surface area contributed by atoms with Crippen molar-refractivity contribution in [3.8, 4) is 5.75 Å². The third kappa shape index (κ3) is 6.41. The Morgan fingerprint density at radius 3 is 2.29 bits per heavy atom. The van der Waals surface area contributed by atoms with E-state index in [1.807, 2.05) is 0 Å². The van der Waals surface area contributed by atoms with Crippen molar-refractivity contribution < 1.29 is 36.8 Å². The second-order valence-electron chi connectivity index (χ2n) is 9.39. The highest BCUT2D eigenvalue weighted by atomic mass is 35.5. The van der Waals surface area contributed by atoms with Crippen molar-refractivity contribution in [2.75, 3.05) is 38.1 Å². The Bertz CT molecular complexity index is 1650. The molecule has 1 saturated heterocycles. The number of carbonyl (C=O) groups excluding carboxylic acids is 2. The molecule has 0 unspecified atom stereocenters. The van der Waals surface area contributed by atoms with Crippen molar-refractivity contribution in [1.29, 1.82) is 0 Å². The van der Waals surface area contributed by atoms with Crippen LogP contribution in [0.4, 0.5) is 30.2 Å². The zero-order valence-corrected chi connectivity index (χ0v) is 22.4. The Hall–Kier alpha value is -4.78. The molecule has 1 aliphatic heterocycles. The predicted molar refractivity (Wildman–Crippen MR) is 147 cm³/mol. The third-order valence-corrected chi connectivity index (χ3v) is 6.85. The van der Waals surface area contributed by atoms with Crippen LogP contribution in [0.2, 0.25) is 5.02 Å². The van der Waals surface area contributed by atoms with E-state index in [9.17, 15) is 32.9 Å². The molecule has 2 heterocycles. The summed E-state index contributed by atoms with van der Waals surface area (Å²) in [6.07, 6.45) is -4.89. The molecule has 42 heavy (non-hydrogen) atoms. The highest BCUT2D eigenvalue weighted by Crippen LogP contribution is 2.38. The number of carbonyl (C=O) groups is 2. The molecule has 1 N–H and O–H groups in total. The average molecular weight is 603 g/mol. The number of fused-ring (bicyclic) bond motifs is 1. The summed E-state index contributed by atoms with van der Waals surface area (Å²) in [5.74, 6) is 0.00559. The van der Waals surface area contributed by atoms with E-state index < -0.39 is 22.4 Å². The number of furan rings is 1. The lowest BCUT2D eigenvalue weighted by Gasteiger charge is -2.34. The Balaban J connectivity index is 1.11. The first-order valence-corrected chi connectivity index (χ1v) is 13.0. The van der Waals surface area contributed by atoms with E-state index in [0.29, 0.717) is 54.3 Å². The van der Waals surface area contributed by atoms with Crippen molar-refractivity contribution in [2.45, 2.75) is 6.18 Å². The van der Waals surface area contributed by atoms with Crippen LogP contribution in [0.1, 0.15) is 16.1 Å². The summed E-state index contributed by atoms with van der Waals surface area (Å²) in [6.45, 7) is 1.03. The molecule has 3 aromatic carbocycles. The van der Waals surface area contributed by atoms with Crippen LogP contribution in [0.25, 0.3) is 11.0 Å². The fourth-order valence-corrected chi connectivity index (χ4v) is 4.65. The number of benzene rings is 3. The van der Waals surface area contributed by atoms with Gasteiger partial charge in [-0.1, -0.05) is 11.6 Å². The number of nitrogens with one attached hydrogen (secondary N) is 1. The SMILES string of the molecule is O=C(COc1ccc(Nc2ccc([N+](=O)[O-])c(C(F)(F)F)c2)cc1)N1CCN(C(=O)c2cc3cc(Cl)ccc3o2)CC1. The topological polar surface area (TPSA) is 118 Å². The highest BCUT2D eigenvalue weighted by Gasteiger charge is 2.38. The van der Waals surface area contributed by atoms with Crippen molar-refractivity contribution in [3.63, 3.8) is 0 Å². The normalized spacial score (nSPS) is 13.7. The minimum atomic E-state index is -4.89. The van der Waals surface area contributed by atoms with Crippen molar-refractivity contribution in [1.82, 2.24) is 9.80 Å². The summed E-state index contributed by atoms with van der Waals surface area (Å²) in [5.41, 5.74) is -1.42. The minimum absolute atomic E-state index is 0.0131. The van der Waals surface area contributed by atoms with Gasteiger partial charge >= 0.3 is 6.18 Å². The molecule has 0 radical (unpaired) electrons. The summed E-state index contributed by atoms with van der Waals surface area (Å²) in [6, 6.07) is 15.5. The van der Waals surface area contributed by atoms with Crippen LogP contribution in [-0.4, -0.2) is 59.3 Å². The number of rotatable bonds is 7. The number of nitrogens with zero attached hydrogens (tertiary/aromatic N) is 3. The number of piperazine rings is 1. The number of amides is 2. The fourth-order valence-electron chi connectivity index (χ4n) is 4.47. The lowest BCUT2D eigenvalue weighted by atomic mass is 10.1. The van der Waals surface area contributed by atoms with Gasteiger partial charge in [0.1, 0.15) is 16.9 Å². The first-order chi connectivity index (χ1) is 20.0. The lowest BCUT2D eigenvalue weighted by Crippen LogP contribution is -2.51. The highest BCUT2D eigenvalue weighted by molar-refractivity contribution is 6.31. The summed E-state index contributed by atoms with van der Waals surface area (Å²) in [4.78, 5) is 38.6. The Kier molecular flexibility index (Phi) is 7.94. The van der Waals surface area contributed by atoms with Gasteiger partial charge in [-0.25, -0.2) is 0 Å². The predicted octanol–water partition coefficient (Wildman–Crippen LogP) is 6.12. The Morgan fingerprint density at radius 1 is 0.952 bits per heavy atom. The second-order valence-corrected chi connectivity index (χ2v) is 9.83. The number of nitro benzene ring substituents is 1. The lowest BCUT2D eigenvalue weighted by molar-refractivity contribution is -0.388. The van der Waals surface area contributed by atoms with Gasteiger partial charge in [0.15, 0.2) is 12.4 Å². The van der Waals surface area contributed by atoms with Gasteiger partial charge in [0.05, 0.1) is 4.92 Å². The first-order valence-electron chi connectivity index (χ1n) is 12.6.